The Hall–Kier alpha value is -3.32. The van der Waals surface area contributed by atoms with Crippen molar-refractivity contribution < 1.29 is 23.9 Å². The molecule has 1 aliphatic heterocycles. The van der Waals surface area contributed by atoms with Crippen molar-refractivity contribution in [2.24, 2.45) is 17.8 Å². The van der Waals surface area contributed by atoms with Gasteiger partial charge < -0.3 is 9.47 Å². The quantitative estimate of drug-likeness (QED) is 0.269. The lowest BCUT2D eigenvalue weighted by atomic mass is 9.48. The van der Waals surface area contributed by atoms with Crippen LogP contribution in [-0.2, 0) is 15.0 Å². The first kappa shape index (κ1) is 27.8. The Kier molecular flexibility index (Phi) is 7.35. The van der Waals surface area contributed by atoms with Crippen molar-refractivity contribution in [3.63, 3.8) is 0 Å². The molecule has 5 fully saturated rings. The Morgan fingerprint density at radius 2 is 1.66 bits per heavy atom. The number of urea groups is 1. The van der Waals surface area contributed by atoms with Crippen molar-refractivity contribution in [2.75, 3.05) is 11.5 Å². The van der Waals surface area contributed by atoms with Crippen LogP contribution in [0.25, 0.3) is 6.08 Å². The molecule has 1 saturated heterocycles. The molecule has 4 aliphatic carbocycles. The highest BCUT2D eigenvalue weighted by molar-refractivity contribution is 6.39. The summed E-state index contributed by atoms with van der Waals surface area (Å²) in [6.45, 7) is 6.18. The van der Waals surface area contributed by atoms with Crippen molar-refractivity contribution >= 4 is 41.2 Å². The lowest BCUT2D eigenvalue weighted by Crippen LogP contribution is -2.54. The monoisotopic (exact) mass is 576 g/mol. The predicted molar refractivity (Wildman–Crippen MR) is 158 cm³/mol. The molecule has 8 heteroatoms. The summed E-state index contributed by atoms with van der Waals surface area (Å²) in [6.07, 6.45) is 9.95. The summed E-state index contributed by atoms with van der Waals surface area (Å²) < 4.78 is 11.7. The number of carbonyl (C=O) groups is 3. The van der Waals surface area contributed by atoms with Gasteiger partial charge in [-0.15, -0.1) is 0 Å². The average Bonchev–Trinajstić information content (AvgIpc) is 2.92. The second-order valence-electron chi connectivity index (χ2n) is 12.3. The molecular weight excluding hydrogens is 540 g/mol. The van der Waals surface area contributed by atoms with Gasteiger partial charge in [-0.3, -0.25) is 14.9 Å². The van der Waals surface area contributed by atoms with Gasteiger partial charge >= 0.3 is 6.03 Å². The van der Waals surface area contributed by atoms with Crippen LogP contribution in [0.15, 0.2) is 42.0 Å². The number of hydrogen-bond donors (Lipinski definition) is 1. The maximum atomic E-state index is 13.6. The molecule has 4 amide bonds. The number of ether oxygens (including phenoxy) is 2. The Labute approximate surface area is 246 Å². The Balaban J connectivity index is 1.28. The van der Waals surface area contributed by atoms with Gasteiger partial charge in [-0.05, 0) is 123 Å². The van der Waals surface area contributed by atoms with Crippen molar-refractivity contribution in [1.82, 2.24) is 5.32 Å². The number of amides is 4. The third-order valence-corrected chi connectivity index (χ3v) is 9.70. The number of nitrogens with zero attached hydrogens (tertiary/aromatic N) is 1. The molecule has 1 N–H and O–H groups in total. The molecule has 216 valence electrons. The minimum atomic E-state index is -0.759. The number of benzene rings is 2. The fraction of sp³-hybridized carbons (Fsp3) is 0.485. The Morgan fingerprint density at radius 1 is 1.02 bits per heavy atom. The lowest BCUT2D eigenvalue weighted by molar-refractivity contribution is -0.122. The smallest absolute Gasteiger partial charge is 0.335 e. The minimum absolute atomic E-state index is 0.0736. The van der Waals surface area contributed by atoms with Gasteiger partial charge in [-0.2, -0.15) is 0 Å². The summed E-state index contributed by atoms with van der Waals surface area (Å²) in [4.78, 5) is 40.3. The van der Waals surface area contributed by atoms with E-state index in [0.29, 0.717) is 34.4 Å². The van der Waals surface area contributed by atoms with Gasteiger partial charge in [0.25, 0.3) is 11.8 Å². The Bertz CT molecular complexity index is 1380. The highest BCUT2D eigenvalue weighted by Crippen LogP contribution is 2.60. The molecule has 0 aromatic heterocycles. The van der Waals surface area contributed by atoms with Gasteiger partial charge in [0, 0.05) is 0 Å². The molecule has 7 rings (SSSR count). The van der Waals surface area contributed by atoms with E-state index in [1.165, 1.54) is 50.2 Å². The van der Waals surface area contributed by atoms with Gasteiger partial charge in [0.05, 0.1) is 23.4 Å². The molecule has 0 spiro atoms. The number of nitrogens with one attached hydrogen (secondary N) is 1. The van der Waals surface area contributed by atoms with E-state index in [9.17, 15) is 14.4 Å². The molecule has 0 radical (unpaired) electrons. The molecule has 7 nitrogen and oxygen atoms in total. The van der Waals surface area contributed by atoms with Crippen LogP contribution in [0.5, 0.6) is 11.5 Å². The van der Waals surface area contributed by atoms with E-state index in [0.717, 1.165) is 29.1 Å². The number of anilines is 1. The molecule has 41 heavy (non-hydrogen) atoms. The topological polar surface area (TPSA) is 84.9 Å². The van der Waals surface area contributed by atoms with E-state index in [1.807, 2.05) is 32.9 Å². The molecule has 4 bridgehead atoms. The van der Waals surface area contributed by atoms with E-state index >= 15 is 0 Å². The van der Waals surface area contributed by atoms with E-state index in [2.05, 4.69) is 17.4 Å². The lowest BCUT2D eigenvalue weighted by Gasteiger charge is -2.57. The summed E-state index contributed by atoms with van der Waals surface area (Å²) in [7, 11) is 0. The largest absolute Gasteiger partial charge is 0.490 e. The van der Waals surface area contributed by atoms with Crippen molar-refractivity contribution in [2.45, 2.75) is 77.2 Å². The van der Waals surface area contributed by atoms with Crippen molar-refractivity contribution in [3.05, 3.63) is 58.1 Å². The summed E-state index contributed by atoms with van der Waals surface area (Å²) in [6, 6.07) is 10.4. The fourth-order valence-electron chi connectivity index (χ4n) is 7.82. The maximum absolute atomic E-state index is 13.6. The van der Waals surface area contributed by atoms with Crippen LogP contribution in [-0.4, -0.2) is 30.6 Å². The average molecular weight is 577 g/mol. The summed E-state index contributed by atoms with van der Waals surface area (Å²) >= 11 is 6.55. The molecule has 1 atom stereocenters. The number of carbonyl (C=O) groups excluding carboxylic acids is 3. The molecule has 4 saturated carbocycles. The van der Waals surface area contributed by atoms with Crippen LogP contribution >= 0.6 is 11.6 Å². The molecule has 2 aromatic carbocycles. The summed E-state index contributed by atoms with van der Waals surface area (Å²) in [5, 5.41) is 2.63. The molecule has 1 heterocycles. The molecule has 0 unspecified atom stereocenters. The number of rotatable bonds is 8. The van der Waals surface area contributed by atoms with Gasteiger partial charge in [0.15, 0.2) is 11.5 Å². The zero-order valence-electron chi connectivity index (χ0n) is 23.9. The van der Waals surface area contributed by atoms with Crippen LogP contribution in [0.3, 0.4) is 0 Å². The van der Waals surface area contributed by atoms with E-state index in [4.69, 9.17) is 21.1 Å². The Morgan fingerprint density at radius 3 is 2.24 bits per heavy atom. The third-order valence-electron chi connectivity index (χ3n) is 9.41. The maximum Gasteiger partial charge on any atom is 0.335 e. The first-order valence-electron chi connectivity index (χ1n) is 14.8. The number of imide groups is 2. The highest BCUT2D eigenvalue weighted by atomic mass is 35.5. The van der Waals surface area contributed by atoms with Crippen LogP contribution in [0, 0.1) is 17.8 Å². The van der Waals surface area contributed by atoms with Crippen molar-refractivity contribution in [1.29, 1.82) is 0 Å². The number of halogens is 1. The van der Waals surface area contributed by atoms with E-state index in [1.54, 1.807) is 12.1 Å². The first-order valence-corrected chi connectivity index (χ1v) is 15.2. The van der Waals surface area contributed by atoms with Gasteiger partial charge in [0.1, 0.15) is 5.57 Å². The zero-order valence-corrected chi connectivity index (χ0v) is 24.6. The predicted octanol–water partition coefficient (Wildman–Crippen LogP) is 7.05. The summed E-state index contributed by atoms with van der Waals surface area (Å²) in [5.74, 6) is 1.86. The number of hydrogen-bond acceptors (Lipinski definition) is 5. The number of barbiturate groups is 1. The fourth-order valence-corrected chi connectivity index (χ4v) is 8.08. The van der Waals surface area contributed by atoms with E-state index < -0.39 is 17.8 Å². The SMILES string of the molecule is CCOc1cc(/C=C2\C(=O)NC(=O)N(c3ccc(C45CC6CC(CC(C6)C4)C5)cc3)C2=O)cc(Cl)c1O[C@@H](C)CC. The molecule has 2 aromatic rings. The van der Waals surface area contributed by atoms with Crippen LogP contribution < -0.4 is 19.7 Å². The second-order valence-corrected chi connectivity index (χ2v) is 12.7. The van der Waals surface area contributed by atoms with Gasteiger partial charge in [0.2, 0.25) is 0 Å². The van der Waals surface area contributed by atoms with Crippen molar-refractivity contribution in [3.8, 4) is 11.5 Å². The standard InChI is InChI=1S/C33H37ClN2O5/c1-4-19(3)41-29-27(34)14-20(15-28(29)40-5-2)13-26-30(37)35-32(39)36(31(26)38)25-8-6-24(7-9-25)33-16-21-10-22(17-33)12-23(11-21)18-33/h6-9,13-15,19,21-23H,4-5,10-12,16-18H2,1-3H3,(H,35,37,39)/b26-13+/t19-,21?,22?,23?,33?/m0/s1. The normalized spacial score (nSPS) is 28.7. The second kappa shape index (κ2) is 10.8. The minimum Gasteiger partial charge on any atom is -0.490 e. The molecular formula is C33H37ClN2O5. The van der Waals surface area contributed by atoms with Crippen LogP contribution in [0.2, 0.25) is 5.02 Å². The van der Waals surface area contributed by atoms with Gasteiger partial charge in [-0.25, -0.2) is 9.69 Å². The van der Waals surface area contributed by atoms with Crippen LogP contribution in [0.1, 0.15) is 76.8 Å². The zero-order chi connectivity index (χ0) is 28.9. The van der Waals surface area contributed by atoms with Crippen LogP contribution in [0.4, 0.5) is 10.5 Å². The van der Waals surface area contributed by atoms with E-state index in [-0.39, 0.29) is 17.1 Å². The van der Waals surface area contributed by atoms with Gasteiger partial charge in [-0.1, -0.05) is 30.7 Å². The first-order chi connectivity index (χ1) is 19.7. The highest BCUT2D eigenvalue weighted by Gasteiger charge is 2.51. The molecule has 5 aliphatic rings. The third kappa shape index (κ3) is 5.14. The summed E-state index contributed by atoms with van der Waals surface area (Å²) in [5.41, 5.74) is 2.27.